The van der Waals surface area contributed by atoms with E-state index < -0.39 is 10.3 Å². The summed E-state index contributed by atoms with van der Waals surface area (Å²) < 4.78 is 33.3. The summed E-state index contributed by atoms with van der Waals surface area (Å²) >= 11 is 3.33. The van der Waals surface area contributed by atoms with Crippen LogP contribution in [0.2, 0.25) is 0 Å². The van der Waals surface area contributed by atoms with E-state index in [2.05, 4.69) is 15.9 Å². The number of nitrogens with zero attached hydrogens (tertiary/aromatic N) is 1. The van der Waals surface area contributed by atoms with Gasteiger partial charge in [0.15, 0.2) is 0 Å². The highest BCUT2D eigenvalue weighted by atomic mass is 79.9. The Morgan fingerprint density at radius 2 is 1.19 bits per heavy atom. The fourth-order valence-corrected chi connectivity index (χ4v) is 3.79. The van der Waals surface area contributed by atoms with Crippen molar-refractivity contribution in [3.8, 4) is 5.75 Å². The number of rotatable bonds is 7. The zero-order chi connectivity index (χ0) is 18.4. The van der Waals surface area contributed by atoms with Gasteiger partial charge in [-0.3, -0.25) is 0 Å². The number of halogens is 1. The van der Waals surface area contributed by atoms with E-state index in [1.807, 2.05) is 60.7 Å². The number of hydrogen-bond acceptors (Lipinski definition) is 3. The number of hydrogen-bond donors (Lipinski definition) is 0. The molecule has 0 aliphatic rings. The first-order valence-electron chi connectivity index (χ1n) is 8.06. The minimum absolute atomic E-state index is 0.231. The lowest BCUT2D eigenvalue weighted by molar-refractivity contribution is 0.346. The molecule has 0 unspecified atom stereocenters. The van der Waals surface area contributed by atoms with Crippen molar-refractivity contribution in [2.24, 2.45) is 0 Å². The van der Waals surface area contributed by atoms with Gasteiger partial charge in [0.25, 0.3) is 0 Å². The van der Waals surface area contributed by atoms with Crippen molar-refractivity contribution >= 4 is 26.2 Å². The highest BCUT2D eigenvalue weighted by Gasteiger charge is 2.25. The zero-order valence-electron chi connectivity index (χ0n) is 14.0. The van der Waals surface area contributed by atoms with Crippen molar-refractivity contribution < 1.29 is 12.6 Å². The lowest BCUT2D eigenvalue weighted by Crippen LogP contribution is -2.33. The van der Waals surface area contributed by atoms with Crippen LogP contribution in [0.15, 0.2) is 89.4 Å². The minimum Gasteiger partial charge on any atom is -0.371 e. The van der Waals surface area contributed by atoms with Gasteiger partial charge in [0.2, 0.25) is 0 Å². The Kier molecular flexibility index (Phi) is 6.08. The molecule has 0 amide bonds. The Morgan fingerprint density at radius 1 is 0.731 bits per heavy atom. The molecule has 3 rings (SSSR count). The van der Waals surface area contributed by atoms with E-state index in [1.165, 1.54) is 4.31 Å². The van der Waals surface area contributed by atoms with Crippen LogP contribution in [0.3, 0.4) is 0 Å². The lowest BCUT2D eigenvalue weighted by Gasteiger charge is -2.22. The fraction of sp³-hybridized carbons (Fsp3) is 0.100. The Morgan fingerprint density at radius 3 is 1.65 bits per heavy atom. The predicted molar refractivity (Wildman–Crippen MR) is 106 cm³/mol. The smallest absolute Gasteiger partial charge is 0.371 e. The third-order valence-corrected chi connectivity index (χ3v) is 5.56. The van der Waals surface area contributed by atoms with Crippen LogP contribution in [0, 0.1) is 0 Å². The Labute approximate surface area is 162 Å². The van der Waals surface area contributed by atoms with E-state index in [1.54, 1.807) is 24.3 Å². The lowest BCUT2D eigenvalue weighted by atomic mass is 10.2. The van der Waals surface area contributed by atoms with Crippen molar-refractivity contribution in [1.29, 1.82) is 0 Å². The molecule has 0 saturated carbocycles. The van der Waals surface area contributed by atoms with Gasteiger partial charge >= 0.3 is 10.3 Å². The van der Waals surface area contributed by atoms with Gasteiger partial charge in [0.05, 0.1) is 0 Å². The highest BCUT2D eigenvalue weighted by molar-refractivity contribution is 9.10. The molecule has 0 aromatic heterocycles. The molecule has 0 aliphatic heterocycles. The third kappa shape index (κ3) is 5.17. The molecular weight excluding hydrogens is 414 g/mol. The second-order valence-corrected chi connectivity index (χ2v) is 8.19. The van der Waals surface area contributed by atoms with Crippen LogP contribution in [0.4, 0.5) is 0 Å². The molecule has 3 aromatic carbocycles. The molecule has 26 heavy (non-hydrogen) atoms. The standard InChI is InChI=1S/C20H18BrNO3S/c21-19-11-13-20(14-12-19)25-26(23,24)22(15-17-7-3-1-4-8-17)16-18-9-5-2-6-10-18/h1-14H,15-16H2. The van der Waals surface area contributed by atoms with Crippen LogP contribution < -0.4 is 4.18 Å². The maximum atomic E-state index is 12.9. The molecule has 0 heterocycles. The highest BCUT2D eigenvalue weighted by Crippen LogP contribution is 2.21. The van der Waals surface area contributed by atoms with Crippen LogP contribution in [0.25, 0.3) is 0 Å². The minimum atomic E-state index is -3.97. The fourth-order valence-electron chi connectivity index (χ4n) is 2.45. The first-order valence-corrected chi connectivity index (χ1v) is 10.2. The van der Waals surface area contributed by atoms with E-state index in [-0.39, 0.29) is 18.8 Å². The van der Waals surface area contributed by atoms with Crippen LogP contribution >= 0.6 is 15.9 Å². The van der Waals surface area contributed by atoms with Gasteiger partial charge in [-0.2, -0.15) is 12.7 Å². The topological polar surface area (TPSA) is 46.6 Å². The first-order chi connectivity index (χ1) is 12.5. The number of benzene rings is 3. The Hall–Kier alpha value is -2.15. The van der Waals surface area contributed by atoms with Crippen LogP contribution in [0.1, 0.15) is 11.1 Å². The van der Waals surface area contributed by atoms with Crippen molar-refractivity contribution in [2.45, 2.75) is 13.1 Å². The maximum Gasteiger partial charge on any atom is 0.385 e. The largest absolute Gasteiger partial charge is 0.385 e. The Bertz CT molecular complexity index is 888. The molecule has 3 aromatic rings. The second-order valence-electron chi connectivity index (χ2n) is 5.73. The summed E-state index contributed by atoms with van der Waals surface area (Å²) in [7, 11) is -3.97. The molecule has 4 nitrogen and oxygen atoms in total. The monoisotopic (exact) mass is 431 g/mol. The second kappa shape index (κ2) is 8.49. The molecule has 0 aliphatic carbocycles. The van der Waals surface area contributed by atoms with Crippen LogP contribution in [-0.2, 0) is 23.4 Å². The summed E-state index contributed by atoms with van der Waals surface area (Å²) in [5.74, 6) is 0.277. The van der Waals surface area contributed by atoms with E-state index in [9.17, 15) is 8.42 Å². The molecular formula is C20H18BrNO3S. The Balaban J connectivity index is 1.86. The molecule has 0 radical (unpaired) electrons. The summed E-state index contributed by atoms with van der Waals surface area (Å²) in [6, 6.07) is 25.6. The van der Waals surface area contributed by atoms with Gasteiger partial charge in [0, 0.05) is 17.6 Å². The quantitative estimate of drug-likeness (QED) is 0.540. The first kappa shape index (κ1) is 18.6. The summed E-state index contributed by atoms with van der Waals surface area (Å²) in [4.78, 5) is 0. The van der Waals surface area contributed by atoms with Crippen LogP contribution in [-0.4, -0.2) is 12.7 Å². The summed E-state index contributed by atoms with van der Waals surface area (Å²) in [5, 5.41) is 0. The van der Waals surface area contributed by atoms with Crippen LogP contribution in [0.5, 0.6) is 5.75 Å². The molecule has 0 bridgehead atoms. The summed E-state index contributed by atoms with van der Waals surface area (Å²) in [6.45, 7) is 0.461. The van der Waals surface area contributed by atoms with Crippen molar-refractivity contribution in [3.05, 3.63) is 101 Å². The summed E-state index contributed by atoms with van der Waals surface area (Å²) in [5.41, 5.74) is 1.79. The van der Waals surface area contributed by atoms with E-state index in [4.69, 9.17) is 4.18 Å². The molecule has 0 fully saturated rings. The molecule has 6 heteroatoms. The predicted octanol–water partition coefficient (Wildman–Crippen LogP) is 4.78. The average molecular weight is 432 g/mol. The normalized spacial score (nSPS) is 11.5. The molecule has 0 atom stereocenters. The van der Waals surface area contributed by atoms with Gasteiger partial charge in [-0.15, -0.1) is 0 Å². The van der Waals surface area contributed by atoms with E-state index >= 15 is 0 Å². The van der Waals surface area contributed by atoms with E-state index in [0.717, 1.165) is 15.6 Å². The molecule has 134 valence electrons. The third-order valence-electron chi connectivity index (χ3n) is 3.73. The molecule has 0 saturated heterocycles. The van der Waals surface area contributed by atoms with Crippen molar-refractivity contribution in [3.63, 3.8) is 0 Å². The van der Waals surface area contributed by atoms with Gasteiger partial charge in [-0.25, -0.2) is 0 Å². The van der Waals surface area contributed by atoms with Gasteiger partial charge in [0.1, 0.15) is 5.75 Å². The van der Waals surface area contributed by atoms with Crippen molar-refractivity contribution in [2.75, 3.05) is 0 Å². The average Bonchev–Trinajstić information content (AvgIpc) is 2.65. The van der Waals surface area contributed by atoms with Gasteiger partial charge in [-0.1, -0.05) is 76.6 Å². The van der Waals surface area contributed by atoms with Crippen molar-refractivity contribution in [1.82, 2.24) is 4.31 Å². The zero-order valence-corrected chi connectivity index (χ0v) is 16.4. The maximum absolute atomic E-state index is 12.9. The SMILES string of the molecule is O=S(=O)(Oc1ccc(Br)cc1)N(Cc1ccccc1)Cc1ccccc1. The van der Waals surface area contributed by atoms with Gasteiger partial charge < -0.3 is 4.18 Å². The van der Waals surface area contributed by atoms with E-state index in [0.29, 0.717) is 0 Å². The summed E-state index contributed by atoms with van der Waals surface area (Å²) in [6.07, 6.45) is 0. The van der Waals surface area contributed by atoms with Gasteiger partial charge in [-0.05, 0) is 35.4 Å². The molecule has 0 N–H and O–H groups in total. The molecule has 0 spiro atoms.